The van der Waals surface area contributed by atoms with E-state index in [1.165, 1.54) is 27.6 Å². The van der Waals surface area contributed by atoms with Gasteiger partial charge in [0.1, 0.15) is 45.9 Å². The Bertz CT molecular complexity index is 2160. The molecule has 1 aliphatic carbocycles. The van der Waals surface area contributed by atoms with Crippen molar-refractivity contribution in [3.05, 3.63) is 68.9 Å². The molecule has 290 valence electrons. The molecular formula is C41H48N6O6S2. The van der Waals surface area contributed by atoms with Gasteiger partial charge in [-0.3, -0.25) is 19.2 Å². The van der Waals surface area contributed by atoms with E-state index in [0.717, 1.165) is 45.8 Å². The Morgan fingerprint density at radius 2 is 1.91 bits per heavy atom. The van der Waals surface area contributed by atoms with Crippen molar-refractivity contribution in [3.8, 4) is 22.2 Å². The zero-order chi connectivity index (χ0) is 39.0. The molecule has 0 bridgehead atoms. The minimum Gasteiger partial charge on any atom is -0.496 e. The third kappa shape index (κ3) is 7.84. The van der Waals surface area contributed by atoms with Crippen LogP contribution in [0.3, 0.4) is 0 Å². The van der Waals surface area contributed by atoms with Crippen LogP contribution >= 0.6 is 22.7 Å². The molecule has 14 heteroatoms. The number of hydrogen-bond acceptors (Lipinski definition) is 10. The molecule has 2 aliphatic heterocycles. The van der Waals surface area contributed by atoms with Crippen LogP contribution in [0.5, 0.6) is 11.5 Å². The first-order valence-corrected chi connectivity index (χ1v) is 20.6. The van der Waals surface area contributed by atoms with Gasteiger partial charge in [-0.05, 0) is 69.7 Å². The molecule has 55 heavy (non-hydrogen) atoms. The molecule has 5 atom stereocenters. The normalized spacial score (nSPS) is 25.0. The maximum atomic E-state index is 14.7. The number of thiophene rings is 1. The second-order valence-corrected chi connectivity index (χ2v) is 17.3. The number of carbonyl (C=O) groups is 4. The van der Waals surface area contributed by atoms with Gasteiger partial charge in [-0.1, -0.05) is 38.8 Å². The highest BCUT2D eigenvalue weighted by Gasteiger charge is 2.60. The number of pyridine rings is 1. The third-order valence-electron chi connectivity index (χ3n) is 10.9. The van der Waals surface area contributed by atoms with E-state index in [4.69, 9.17) is 25.2 Å². The summed E-state index contributed by atoms with van der Waals surface area (Å²) in [5.41, 5.74) is 7.82. The van der Waals surface area contributed by atoms with Crippen LogP contribution in [0.15, 0.2) is 47.9 Å². The number of fused-ring (bicyclic) bond motifs is 3. The summed E-state index contributed by atoms with van der Waals surface area (Å²) < 4.78 is 12.4. The third-order valence-corrected chi connectivity index (χ3v) is 12.8. The predicted octanol–water partition coefficient (Wildman–Crippen LogP) is 6.20. The number of amides is 4. The summed E-state index contributed by atoms with van der Waals surface area (Å²) in [6.45, 7) is 8.13. The summed E-state index contributed by atoms with van der Waals surface area (Å²) >= 11 is 2.87. The van der Waals surface area contributed by atoms with Gasteiger partial charge in [-0.2, -0.15) is 0 Å². The van der Waals surface area contributed by atoms with Crippen LogP contribution in [0, 0.1) is 19.8 Å². The van der Waals surface area contributed by atoms with Crippen LogP contribution < -0.4 is 25.8 Å². The van der Waals surface area contributed by atoms with Crippen molar-refractivity contribution in [3.63, 3.8) is 0 Å². The van der Waals surface area contributed by atoms with Gasteiger partial charge in [0, 0.05) is 39.6 Å². The van der Waals surface area contributed by atoms with Gasteiger partial charge in [0.15, 0.2) is 0 Å². The van der Waals surface area contributed by atoms with Crippen molar-refractivity contribution in [2.45, 2.75) is 102 Å². The molecule has 4 amide bonds. The smallest absolute Gasteiger partial charge is 0.262 e. The molecule has 12 nitrogen and oxygen atoms in total. The number of carbonyl (C=O) groups excluding carboxylic acids is 4. The van der Waals surface area contributed by atoms with E-state index in [0.29, 0.717) is 46.8 Å². The Balaban J connectivity index is 1.24. The Morgan fingerprint density at radius 3 is 2.62 bits per heavy atom. The molecule has 3 aromatic heterocycles. The Hall–Kier alpha value is -4.82. The molecule has 2 fully saturated rings. The summed E-state index contributed by atoms with van der Waals surface area (Å²) in [7, 11) is 1.62. The molecule has 7 rings (SSSR count). The van der Waals surface area contributed by atoms with Gasteiger partial charge in [0.2, 0.25) is 17.7 Å². The zero-order valence-corrected chi connectivity index (χ0v) is 33.5. The summed E-state index contributed by atoms with van der Waals surface area (Å²) in [6, 6.07) is 7.41. The summed E-state index contributed by atoms with van der Waals surface area (Å²) in [5, 5.41) is 9.48. The fourth-order valence-electron chi connectivity index (χ4n) is 7.63. The largest absolute Gasteiger partial charge is 0.496 e. The topological polar surface area (TPSA) is 166 Å². The Morgan fingerprint density at radius 1 is 1.09 bits per heavy atom. The van der Waals surface area contributed by atoms with Gasteiger partial charge in [-0.15, -0.1) is 22.7 Å². The number of benzene rings is 1. The van der Waals surface area contributed by atoms with Gasteiger partial charge >= 0.3 is 0 Å². The highest BCUT2D eigenvalue weighted by molar-refractivity contribution is 7.14. The first kappa shape index (κ1) is 38.5. The molecule has 3 aliphatic rings. The summed E-state index contributed by atoms with van der Waals surface area (Å²) in [6.07, 6.45) is 7.59. The van der Waals surface area contributed by atoms with E-state index >= 15 is 0 Å². The summed E-state index contributed by atoms with van der Waals surface area (Å²) in [4.78, 5) is 68.1. The van der Waals surface area contributed by atoms with E-state index in [9.17, 15) is 19.2 Å². The highest BCUT2D eigenvalue weighted by atomic mass is 32.1. The van der Waals surface area contributed by atoms with Crippen molar-refractivity contribution < 1.29 is 28.7 Å². The second kappa shape index (κ2) is 15.7. The predicted molar refractivity (Wildman–Crippen MR) is 213 cm³/mol. The molecule has 1 aromatic carbocycles. The summed E-state index contributed by atoms with van der Waals surface area (Å²) in [5.74, 6) is -0.545. The fourth-order valence-corrected chi connectivity index (χ4v) is 9.35. The standard InChI is InChI=1S/C41H48N6O6S2/c1-22(2)30-21-54-38(45-30)29-18-33(27-14-15-32(52-5)24(4)35(27)43-29)53-26-17-31-36(48)46-41(40(42)51)19-25(41)11-9-7-6-8-10-12-28(39(50)47(31)20-26)44-37(49)34-16-13-23(3)55-34/h9,11,13-16,18,21-22,25-26,28,31H,6-8,10,12,17,19-20H2,1-5H3,(H2,42,51)(H,44,49)(H,46,48)/b11-9-/t25-,26-,28+,31+,41-/m1/s1. The number of primary amides is 1. The van der Waals surface area contributed by atoms with Crippen molar-refractivity contribution in [1.82, 2.24) is 25.5 Å². The van der Waals surface area contributed by atoms with Crippen LogP contribution in [0.4, 0.5) is 0 Å². The number of thiazole rings is 1. The van der Waals surface area contributed by atoms with Crippen molar-refractivity contribution >= 4 is 57.2 Å². The monoisotopic (exact) mass is 784 g/mol. The van der Waals surface area contributed by atoms with Crippen molar-refractivity contribution in [2.75, 3.05) is 13.7 Å². The maximum absolute atomic E-state index is 14.7. The highest BCUT2D eigenvalue weighted by Crippen LogP contribution is 2.45. The van der Waals surface area contributed by atoms with Crippen LogP contribution in [0.1, 0.15) is 90.5 Å². The van der Waals surface area contributed by atoms with E-state index < -0.39 is 35.5 Å². The lowest BCUT2D eigenvalue weighted by molar-refractivity contribution is -0.141. The molecule has 0 spiro atoms. The van der Waals surface area contributed by atoms with Crippen LogP contribution in [0.2, 0.25) is 0 Å². The molecule has 4 aromatic rings. The Labute approximate surface area is 328 Å². The number of rotatable bonds is 8. The van der Waals surface area contributed by atoms with Crippen LogP contribution in [-0.2, 0) is 14.4 Å². The first-order valence-electron chi connectivity index (χ1n) is 19.0. The molecule has 5 heterocycles. The number of nitrogens with one attached hydrogen (secondary N) is 2. The van der Waals surface area contributed by atoms with Gasteiger partial charge in [0.05, 0.1) is 29.7 Å². The molecular weight excluding hydrogens is 737 g/mol. The second-order valence-electron chi connectivity index (χ2n) is 15.1. The number of ether oxygens (including phenoxy) is 2. The number of allylic oxidation sites excluding steroid dienone is 1. The van der Waals surface area contributed by atoms with Crippen LogP contribution in [-0.4, -0.2) is 75.9 Å². The van der Waals surface area contributed by atoms with Crippen LogP contribution in [0.25, 0.3) is 21.6 Å². The zero-order valence-electron chi connectivity index (χ0n) is 31.8. The molecule has 0 unspecified atom stereocenters. The lowest BCUT2D eigenvalue weighted by atomic mass is 10.0. The van der Waals surface area contributed by atoms with Gasteiger partial charge in [0.25, 0.3) is 5.91 Å². The minimum atomic E-state index is -1.22. The molecule has 0 radical (unpaired) electrons. The average Bonchev–Trinajstić information content (AvgIpc) is 3.57. The molecule has 1 saturated carbocycles. The number of aryl methyl sites for hydroxylation is 2. The number of nitrogens with two attached hydrogens (primary N) is 1. The van der Waals surface area contributed by atoms with E-state index in [-0.39, 0.29) is 36.6 Å². The lowest BCUT2D eigenvalue weighted by Gasteiger charge is -2.29. The van der Waals surface area contributed by atoms with Crippen molar-refractivity contribution in [1.29, 1.82) is 0 Å². The average molecular weight is 785 g/mol. The van der Waals surface area contributed by atoms with Gasteiger partial charge in [-0.25, -0.2) is 9.97 Å². The van der Waals surface area contributed by atoms with Crippen molar-refractivity contribution in [2.24, 2.45) is 11.7 Å². The van der Waals surface area contributed by atoms with Gasteiger partial charge < -0.3 is 30.7 Å². The van der Waals surface area contributed by atoms with E-state index in [2.05, 4.69) is 24.5 Å². The maximum Gasteiger partial charge on any atom is 0.262 e. The minimum absolute atomic E-state index is 0.0807. The van der Waals surface area contributed by atoms with E-state index in [1.54, 1.807) is 13.2 Å². The Kier molecular flexibility index (Phi) is 11.0. The number of aromatic nitrogens is 2. The SMILES string of the molecule is COc1ccc2c(O[C@@H]3C[C@H]4C(=O)N[C@]5(C(N)=O)C[C@H]5/C=C\CCCCC[C@H](NC(=O)c5ccc(C)s5)C(=O)N4C3)cc(-c3nc(C(C)C)cs3)nc2c1C. The first-order chi connectivity index (χ1) is 26.4. The lowest BCUT2D eigenvalue weighted by Crippen LogP contribution is -2.57. The number of nitrogens with zero attached hydrogens (tertiary/aromatic N) is 3. The molecule has 4 N–H and O–H groups in total. The number of hydrogen-bond donors (Lipinski definition) is 3. The number of methoxy groups -OCH3 is 1. The quantitative estimate of drug-likeness (QED) is 0.178. The van der Waals surface area contributed by atoms with E-state index in [1.807, 2.05) is 55.6 Å². The fraction of sp³-hybridized carbons (Fsp3) is 0.463. The molecule has 1 saturated heterocycles.